The topological polar surface area (TPSA) is 29.3 Å². The van der Waals surface area contributed by atoms with Crippen molar-refractivity contribution in [1.82, 2.24) is 5.16 Å². The van der Waals surface area contributed by atoms with Gasteiger partial charge in [0, 0.05) is 24.7 Å². The Balaban J connectivity index is 2.28. The number of hydrogen-bond acceptors (Lipinski definition) is 3. The lowest BCUT2D eigenvalue weighted by atomic mass is 9.92. The Bertz CT molecular complexity index is 557. The molecule has 0 unspecified atom stereocenters. The van der Waals surface area contributed by atoms with E-state index < -0.39 is 0 Å². The predicted molar refractivity (Wildman–Crippen MR) is 68.1 cm³/mol. The number of nitrogens with zero attached hydrogens (tertiary/aromatic N) is 2. The lowest BCUT2D eigenvalue weighted by molar-refractivity contribution is 0.431. The van der Waals surface area contributed by atoms with Gasteiger partial charge in [0.15, 0.2) is 5.76 Å². The van der Waals surface area contributed by atoms with E-state index in [4.69, 9.17) is 4.52 Å². The van der Waals surface area contributed by atoms with Gasteiger partial charge in [-0.15, -0.1) is 0 Å². The van der Waals surface area contributed by atoms with Crippen molar-refractivity contribution < 1.29 is 4.52 Å². The summed E-state index contributed by atoms with van der Waals surface area (Å²) in [5.41, 5.74) is 4.98. The lowest BCUT2D eigenvalue weighted by Gasteiger charge is -2.29. The summed E-state index contributed by atoms with van der Waals surface area (Å²) < 4.78 is 5.39. The Hall–Kier alpha value is -1.77. The third-order valence-electron chi connectivity index (χ3n) is 3.37. The molecule has 17 heavy (non-hydrogen) atoms. The maximum absolute atomic E-state index is 5.39. The van der Waals surface area contributed by atoms with Crippen molar-refractivity contribution in [3.63, 3.8) is 0 Å². The highest BCUT2D eigenvalue weighted by atomic mass is 16.5. The van der Waals surface area contributed by atoms with Gasteiger partial charge in [0.25, 0.3) is 0 Å². The Kier molecular flexibility index (Phi) is 2.21. The third kappa shape index (κ3) is 1.46. The van der Waals surface area contributed by atoms with Crippen LogP contribution in [0.1, 0.15) is 30.9 Å². The van der Waals surface area contributed by atoms with Crippen molar-refractivity contribution in [3.8, 4) is 11.3 Å². The Morgan fingerprint density at radius 3 is 2.94 bits per heavy atom. The first-order chi connectivity index (χ1) is 8.18. The summed E-state index contributed by atoms with van der Waals surface area (Å²) in [5.74, 6) is 1.44. The molecule has 0 bridgehead atoms. The smallest absolute Gasteiger partial charge is 0.173 e. The zero-order valence-corrected chi connectivity index (χ0v) is 10.4. The van der Waals surface area contributed by atoms with Crippen LogP contribution in [0.5, 0.6) is 0 Å². The minimum atomic E-state index is 0.511. The van der Waals surface area contributed by atoms with Gasteiger partial charge in [0.05, 0.1) is 11.9 Å². The van der Waals surface area contributed by atoms with Crippen LogP contribution in [0.15, 0.2) is 28.9 Å². The van der Waals surface area contributed by atoms with Crippen LogP contribution < -0.4 is 4.90 Å². The number of para-hydroxylation sites is 1. The fourth-order valence-corrected chi connectivity index (χ4v) is 2.57. The first-order valence-corrected chi connectivity index (χ1v) is 5.96. The molecule has 2 aromatic rings. The second-order valence-corrected chi connectivity index (χ2v) is 4.93. The summed E-state index contributed by atoms with van der Waals surface area (Å²) >= 11 is 0. The highest BCUT2D eigenvalue weighted by Crippen LogP contribution is 2.42. The molecule has 1 aromatic carbocycles. The molecular weight excluding hydrogens is 212 g/mol. The van der Waals surface area contributed by atoms with Crippen LogP contribution in [0.2, 0.25) is 0 Å². The summed E-state index contributed by atoms with van der Waals surface area (Å²) in [4.78, 5) is 2.28. The molecular formula is C14H16N2O. The van der Waals surface area contributed by atoms with Gasteiger partial charge < -0.3 is 9.42 Å². The number of aromatic nitrogens is 1. The van der Waals surface area contributed by atoms with Crippen LogP contribution in [-0.2, 0) is 6.54 Å². The zero-order chi connectivity index (χ0) is 12.0. The van der Waals surface area contributed by atoms with Crippen molar-refractivity contribution in [2.24, 2.45) is 0 Å². The molecule has 0 atom stereocenters. The van der Waals surface area contributed by atoms with Gasteiger partial charge in [-0.2, -0.15) is 0 Å². The van der Waals surface area contributed by atoms with Gasteiger partial charge in [-0.25, -0.2) is 0 Å². The van der Waals surface area contributed by atoms with Crippen molar-refractivity contribution >= 4 is 5.69 Å². The normalized spacial score (nSPS) is 13.8. The van der Waals surface area contributed by atoms with E-state index >= 15 is 0 Å². The molecule has 0 aliphatic carbocycles. The van der Waals surface area contributed by atoms with Crippen LogP contribution in [0.25, 0.3) is 11.3 Å². The number of benzene rings is 1. The van der Waals surface area contributed by atoms with Crippen LogP contribution in [0, 0.1) is 0 Å². The Morgan fingerprint density at radius 2 is 2.18 bits per heavy atom. The van der Waals surface area contributed by atoms with E-state index in [2.05, 4.69) is 49.2 Å². The molecule has 0 radical (unpaired) electrons. The van der Waals surface area contributed by atoms with E-state index in [1.165, 1.54) is 16.8 Å². The number of fused-ring (bicyclic) bond motifs is 3. The average Bonchev–Trinajstić information content (AvgIpc) is 2.76. The standard InChI is InChI=1S/C14H16N2O/c1-9(2)11-5-4-6-12-13(11)16(3)8-10-7-15-17-14(10)12/h4-7,9H,8H2,1-3H3. The van der Waals surface area contributed by atoms with Crippen LogP contribution in [0.3, 0.4) is 0 Å². The summed E-state index contributed by atoms with van der Waals surface area (Å²) in [7, 11) is 2.13. The van der Waals surface area contributed by atoms with Gasteiger partial charge in [0.1, 0.15) is 0 Å². The predicted octanol–water partition coefficient (Wildman–Crippen LogP) is 3.41. The largest absolute Gasteiger partial charge is 0.369 e. The maximum atomic E-state index is 5.39. The number of hydrogen-bond donors (Lipinski definition) is 0. The summed E-state index contributed by atoms with van der Waals surface area (Å²) in [6.45, 7) is 5.31. The summed E-state index contributed by atoms with van der Waals surface area (Å²) in [6.07, 6.45) is 1.82. The van der Waals surface area contributed by atoms with Gasteiger partial charge >= 0.3 is 0 Å². The van der Waals surface area contributed by atoms with Crippen LogP contribution in [-0.4, -0.2) is 12.2 Å². The van der Waals surface area contributed by atoms with Crippen LogP contribution >= 0.6 is 0 Å². The number of anilines is 1. The van der Waals surface area contributed by atoms with Crippen molar-refractivity contribution in [1.29, 1.82) is 0 Å². The SMILES string of the molecule is CC(C)c1cccc2c1N(C)Cc1cnoc1-2. The fourth-order valence-electron chi connectivity index (χ4n) is 2.57. The van der Waals surface area contributed by atoms with E-state index in [1.54, 1.807) is 0 Å². The Labute approximate surface area is 101 Å². The van der Waals surface area contributed by atoms with E-state index in [0.29, 0.717) is 5.92 Å². The number of rotatable bonds is 1. The molecule has 2 heterocycles. The molecule has 3 heteroatoms. The molecule has 3 rings (SSSR count). The highest BCUT2D eigenvalue weighted by Gasteiger charge is 2.26. The molecule has 1 aromatic heterocycles. The minimum absolute atomic E-state index is 0.511. The summed E-state index contributed by atoms with van der Waals surface area (Å²) in [6, 6.07) is 6.40. The van der Waals surface area contributed by atoms with Gasteiger partial charge in [-0.1, -0.05) is 31.1 Å². The van der Waals surface area contributed by atoms with Crippen LogP contribution in [0.4, 0.5) is 5.69 Å². The fraction of sp³-hybridized carbons (Fsp3) is 0.357. The summed E-state index contributed by atoms with van der Waals surface area (Å²) in [5, 5.41) is 3.91. The first-order valence-electron chi connectivity index (χ1n) is 5.96. The molecule has 3 nitrogen and oxygen atoms in total. The van der Waals surface area contributed by atoms with Crippen molar-refractivity contribution in [2.75, 3.05) is 11.9 Å². The van der Waals surface area contributed by atoms with Gasteiger partial charge in [-0.3, -0.25) is 0 Å². The molecule has 88 valence electrons. The van der Waals surface area contributed by atoms with E-state index in [-0.39, 0.29) is 0 Å². The van der Waals surface area contributed by atoms with E-state index in [1.807, 2.05) is 6.20 Å². The molecule has 1 aliphatic heterocycles. The highest BCUT2D eigenvalue weighted by molar-refractivity contribution is 5.82. The van der Waals surface area contributed by atoms with E-state index in [0.717, 1.165) is 17.9 Å². The van der Waals surface area contributed by atoms with Gasteiger partial charge in [0.2, 0.25) is 0 Å². The quantitative estimate of drug-likeness (QED) is 0.749. The lowest BCUT2D eigenvalue weighted by Crippen LogP contribution is -2.22. The molecule has 0 spiro atoms. The molecule has 0 saturated heterocycles. The van der Waals surface area contributed by atoms with Crippen molar-refractivity contribution in [2.45, 2.75) is 26.3 Å². The monoisotopic (exact) mass is 228 g/mol. The second kappa shape index (κ2) is 3.62. The molecule has 0 fully saturated rings. The molecule has 1 aliphatic rings. The molecule has 0 N–H and O–H groups in total. The minimum Gasteiger partial charge on any atom is -0.369 e. The molecule has 0 amide bonds. The first kappa shape index (κ1) is 10.4. The molecule has 0 saturated carbocycles. The second-order valence-electron chi connectivity index (χ2n) is 4.93. The Morgan fingerprint density at radius 1 is 1.35 bits per heavy atom. The van der Waals surface area contributed by atoms with Crippen molar-refractivity contribution in [3.05, 3.63) is 35.5 Å². The third-order valence-corrected chi connectivity index (χ3v) is 3.37. The van der Waals surface area contributed by atoms with E-state index in [9.17, 15) is 0 Å². The maximum Gasteiger partial charge on any atom is 0.173 e. The average molecular weight is 228 g/mol. The zero-order valence-electron chi connectivity index (χ0n) is 10.4. The van der Waals surface area contributed by atoms with Gasteiger partial charge in [-0.05, 0) is 17.5 Å².